The van der Waals surface area contributed by atoms with Crippen molar-refractivity contribution in [3.05, 3.63) is 102 Å². The molecule has 29 heavy (non-hydrogen) atoms. The van der Waals surface area contributed by atoms with E-state index in [2.05, 4.69) is 15.4 Å². The van der Waals surface area contributed by atoms with Crippen molar-refractivity contribution in [1.82, 2.24) is 20.1 Å². The third kappa shape index (κ3) is 4.03. The van der Waals surface area contributed by atoms with Crippen LogP contribution in [0.5, 0.6) is 0 Å². The third-order valence-corrected chi connectivity index (χ3v) is 4.34. The molecule has 2 aromatic carbocycles. The van der Waals surface area contributed by atoms with E-state index in [0.717, 1.165) is 5.56 Å². The van der Waals surface area contributed by atoms with Gasteiger partial charge in [-0.2, -0.15) is 5.10 Å². The molecule has 4 aromatic rings. The fraction of sp³-hybridized carbons (Fsp3) is 0.0455. The van der Waals surface area contributed by atoms with Crippen LogP contribution in [0.1, 0.15) is 16.1 Å². The fourth-order valence-corrected chi connectivity index (χ4v) is 2.90. The molecule has 0 aliphatic carbocycles. The Bertz CT molecular complexity index is 1140. The topological polar surface area (TPSA) is 59.8 Å². The summed E-state index contributed by atoms with van der Waals surface area (Å²) < 4.78 is 28.9. The molecular formula is C22H16F2N4O. The number of carbonyl (C=O) groups is 1. The number of aromatic nitrogens is 3. The molecule has 0 aliphatic heterocycles. The van der Waals surface area contributed by atoms with Gasteiger partial charge < -0.3 is 5.32 Å². The van der Waals surface area contributed by atoms with Gasteiger partial charge in [0.2, 0.25) is 0 Å². The average molecular weight is 390 g/mol. The summed E-state index contributed by atoms with van der Waals surface area (Å²) in [5.74, 6) is -1.25. The van der Waals surface area contributed by atoms with E-state index in [4.69, 9.17) is 0 Å². The first kappa shape index (κ1) is 18.5. The first-order chi connectivity index (χ1) is 14.1. The van der Waals surface area contributed by atoms with Crippen LogP contribution in [0.15, 0.2) is 79.1 Å². The SMILES string of the molecule is O=C(NCc1cccnc1)c1cc(-c2ccccc2F)nn1-c1ccc(F)cc1. The Labute approximate surface area is 165 Å². The number of halogens is 2. The maximum atomic E-state index is 14.2. The van der Waals surface area contributed by atoms with Gasteiger partial charge in [0, 0.05) is 24.5 Å². The molecule has 0 bridgehead atoms. The Morgan fingerprint density at radius 2 is 1.79 bits per heavy atom. The summed E-state index contributed by atoms with van der Waals surface area (Å²) in [6.45, 7) is 0.274. The number of amides is 1. The van der Waals surface area contributed by atoms with Gasteiger partial charge in [-0.25, -0.2) is 13.5 Å². The maximum Gasteiger partial charge on any atom is 0.270 e. The zero-order chi connectivity index (χ0) is 20.2. The maximum absolute atomic E-state index is 14.2. The second-order valence-electron chi connectivity index (χ2n) is 6.33. The molecule has 144 valence electrons. The lowest BCUT2D eigenvalue weighted by molar-refractivity contribution is 0.0943. The van der Waals surface area contributed by atoms with Crippen LogP contribution in [0.2, 0.25) is 0 Å². The van der Waals surface area contributed by atoms with Crippen molar-refractivity contribution in [2.24, 2.45) is 0 Å². The van der Waals surface area contributed by atoms with E-state index >= 15 is 0 Å². The number of carbonyl (C=O) groups excluding carboxylic acids is 1. The monoisotopic (exact) mass is 390 g/mol. The first-order valence-electron chi connectivity index (χ1n) is 8.90. The van der Waals surface area contributed by atoms with E-state index in [0.29, 0.717) is 11.4 Å². The summed E-state index contributed by atoms with van der Waals surface area (Å²) >= 11 is 0. The lowest BCUT2D eigenvalue weighted by atomic mass is 10.1. The predicted octanol–water partition coefficient (Wildman–Crippen LogP) is 4.14. The van der Waals surface area contributed by atoms with Crippen LogP contribution in [0.3, 0.4) is 0 Å². The van der Waals surface area contributed by atoms with E-state index in [-0.39, 0.29) is 17.8 Å². The fourth-order valence-electron chi connectivity index (χ4n) is 2.90. The smallest absolute Gasteiger partial charge is 0.270 e. The molecule has 2 aromatic heterocycles. The van der Waals surface area contributed by atoms with Crippen LogP contribution in [-0.4, -0.2) is 20.7 Å². The molecule has 0 atom stereocenters. The summed E-state index contributed by atoms with van der Waals surface area (Å²) in [5.41, 5.74) is 2.11. The van der Waals surface area contributed by atoms with Gasteiger partial charge in [0.15, 0.2) is 0 Å². The predicted molar refractivity (Wildman–Crippen MR) is 104 cm³/mol. The van der Waals surface area contributed by atoms with Crippen molar-refractivity contribution in [1.29, 1.82) is 0 Å². The number of pyridine rings is 1. The van der Waals surface area contributed by atoms with E-state index in [1.165, 1.54) is 41.1 Å². The summed E-state index contributed by atoms with van der Waals surface area (Å²) in [6, 6.07) is 16.9. The van der Waals surface area contributed by atoms with Gasteiger partial charge in [-0.05, 0) is 54.1 Å². The number of benzene rings is 2. The highest BCUT2D eigenvalue weighted by Gasteiger charge is 2.19. The molecule has 0 unspecified atom stereocenters. The van der Waals surface area contributed by atoms with E-state index in [9.17, 15) is 13.6 Å². The van der Waals surface area contributed by atoms with Gasteiger partial charge in [-0.1, -0.05) is 18.2 Å². The summed E-state index contributed by atoms with van der Waals surface area (Å²) in [5, 5.41) is 7.21. The molecule has 0 saturated heterocycles. The number of nitrogens with zero attached hydrogens (tertiary/aromatic N) is 3. The van der Waals surface area contributed by atoms with Crippen molar-refractivity contribution in [3.63, 3.8) is 0 Å². The largest absolute Gasteiger partial charge is 0.347 e. The molecule has 5 nitrogen and oxygen atoms in total. The Morgan fingerprint density at radius 1 is 1.00 bits per heavy atom. The number of hydrogen-bond donors (Lipinski definition) is 1. The Kier molecular flexibility index (Phi) is 5.11. The molecule has 0 saturated carbocycles. The van der Waals surface area contributed by atoms with Crippen molar-refractivity contribution < 1.29 is 13.6 Å². The molecule has 0 aliphatic rings. The molecule has 1 N–H and O–H groups in total. The first-order valence-corrected chi connectivity index (χ1v) is 8.90. The van der Waals surface area contributed by atoms with E-state index in [1.54, 1.807) is 36.7 Å². The normalized spacial score (nSPS) is 10.7. The van der Waals surface area contributed by atoms with Crippen LogP contribution in [-0.2, 0) is 6.54 Å². The third-order valence-electron chi connectivity index (χ3n) is 4.34. The van der Waals surface area contributed by atoms with Crippen molar-refractivity contribution in [2.75, 3.05) is 0 Å². The minimum absolute atomic E-state index is 0.207. The quantitative estimate of drug-likeness (QED) is 0.557. The standard InChI is InChI=1S/C22H16F2N4O/c23-16-7-9-17(10-8-16)28-21(22(29)26-14-15-4-3-11-25-13-15)12-20(27-28)18-5-1-2-6-19(18)24/h1-13H,14H2,(H,26,29). The van der Waals surface area contributed by atoms with Crippen molar-refractivity contribution in [2.45, 2.75) is 6.54 Å². The van der Waals surface area contributed by atoms with Crippen LogP contribution >= 0.6 is 0 Å². The molecule has 4 rings (SSSR count). The Hall–Kier alpha value is -3.87. The van der Waals surface area contributed by atoms with Crippen LogP contribution in [0, 0.1) is 11.6 Å². The summed E-state index contributed by atoms with van der Waals surface area (Å²) in [6.07, 6.45) is 3.30. The molecule has 2 heterocycles. The van der Waals surface area contributed by atoms with Gasteiger partial charge in [-0.15, -0.1) is 0 Å². The van der Waals surface area contributed by atoms with Gasteiger partial charge in [0.25, 0.3) is 5.91 Å². The average Bonchev–Trinajstić information content (AvgIpc) is 3.19. The zero-order valence-corrected chi connectivity index (χ0v) is 15.2. The van der Waals surface area contributed by atoms with Gasteiger partial charge in [-0.3, -0.25) is 9.78 Å². The second kappa shape index (κ2) is 8.02. The van der Waals surface area contributed by atoms with Crippen LogP contribution < -0.4 is 5.32 Å². The molecular weight excluding hydrogens is 374 g/mol. The van der Waals surface area contributed by atoms with E-state index in [1.807, 2.05) is 6.07 Å². The lowest BCUT2D eigenvalue weighted by Gasteiger charge is -2.08. The molecule has 0 fully saturated rings. The van der Waals surface area contributed by atoms with Gasteiger partial charge >= 0.3 is 0 Å². The van der Waals surface area contributed by atoms with Crippen molar-refractivity contribution >= 4 is 5.91 Å². The van der Waals surface area contributed by atoms with Crippen molar-refractivity contribution in [3.8, 4) is 16.9 Å². The second-order valence-corrected chi connectivity index (χ2v) is 6.33. The summed E-state index contributed by atoms with van der Waals surface area (Å²) in [4.78, 5) is 16.9. The molecule has 0 spiro atoms. The number of hydrogen-bond acceptors (Lipinski definition) is 3. The highest BCUT2D eigenvalue weighted by atomic mass is 19.1. The molecule has 7 heteroatoms. The van der Waals surface area contributed by atoms with Crippen LogP contribution in [0.25, 0.3) is 16.9 Å². The van der Waals surface area contributed by atoms with E-state index < -0.39 is 17.5 Å². The van der Waals surface area contributed by atoms with Gasteiger partial charge in [0.05, 0.1) is 11.4 Å². The highest BCUT2D eigenvalue weighted by molar-refractivity contribution is 5.94. The molecule has 0 radical (unpaired) electrons. The minimum atomic E-state index is -0.446. The minimum Gasteiger partial charge on any atom is -0.347 e. The van der Waals surface area contributed by atoms with Gasteiger partial charge in [0.1, 0.15) is 17.3 Å². The Morgan fingerprint density at radius 3 is 2.52 bits per heavy atom. The molecule has 1 amide bonds. The van der Waals surface area contributed by atoms with Crippen LogP contribution in [0.4, 0.5) is 8.78 Å². The summed E-state index contributed by atoms with van der Waals surface area (Å²) in [7, 11) is 0. The highest BCUT2D eigenvalue weighted by Crippen LogP contribution is 2.24. The zero-order valence-electron chi connectivity index (χ0n) is 15.2. The number of nitrogens with one attached hydrogen (secondary N) is 1. The lowest BCUT2D eigenvalue weighted by Crippen LogP contribution is -2.25. The Balaban J connectivity index is 1.71. The number of rotatable bonds is 5.